The summed E-state index contributed by atoms with van der Waals surface area (Å²) in [4.78, 5) is 22.6. The lowest BCUT2D eigenvalue weighted by atomic mass is 9.41. The van der Waals surface area contributed by atoms with Crippen LogP contribution in [0.3, 0.4) is 0 Å². The number of carboxylic acid groups (broad SMARTS) is 2. The van der Waals surface area contributed by atoms with Gasteiger partial charge in [0.25, 0.3) is 0 Å². The molecule has 0 aromatic rings. The average Bonchev–Trinajstić information content (AvgIpc) is 2.35. The summed E-state index contributed by atoms with van der Waals surface area (Å²) in [5.41, 5.74) is 6.85. The topological polar surface area (TPSA) is 136 Å². The van der Waals surface area contributed by atoms with E-state index in [4.69, 9.17) is 0 Å². The summed E-state index contributed by atoms with van der Waals surface area (Å²) in [6, 6.07) is -1.52. The molecule has 4 bridgehead atoms. The van der Waals surface area contributed by atoms with Crippen molar-refractivity contribution in [2.24, 2.45) is 22.7 Å². The van der Waals surface area contributed by atoms with Gasteiger partial charge in [0, 0.05) is 10.8 Å². The molecule has 112 valence electrons. The Hall–Kier alpha value is -1.14. The summed E-state index contributed by atoms with van der Waals surface area (Å²) in [5, 5.41) is 22.6. The number of carbonyl (C=O) groups is 2. The first-order chi connectivity index (χ1) is 9.28. The predicted molar refractivity (Wildman–Crippen MR) is 62.9 cm³/mol. The minimum atomic E-state index is -1.11. The molecule has 4 aliphatic rings. The van der Waals surface area contributed by atoms with Gasteiger partial charge in [0.1, 0.15) is 12.1 Å². The zero-order chi connectivity index (χ0) is 14.7. The van der Waals surface area contributed by atoms with Crippen LogP contribution in [0.15, 0.2) is 0 Å². The molecule has 4 aliphatic carbocycles. The average molecular weight is 282 g/mol. The molecule has 0 aliphatic heterocycles. The Labute approximate surface area is 117 Å². The molecular weight excluding hydrogens is 260 g/mol. The number of hydrogen-bond donors (Lipinski definition) is 2. The van der Waals surface area contributed by atoms with Crippen LogP contribution in [0.2, 0.25) is 0 Å². The second-order valence-corrected chi connectivity index (χ2v) is 7.43. The van der Waals surface area contributed by atoms with Gasteiger partial charge >= 0.3 is 0 Å². The van der Waals surface area contributed by atoms with Crippen molar-refractivity contribution in [1.82, 2.24) is 0 Å². The molecule has 0 radical (unpaired) electrons. The molecule has 4 fully saturated rings. The fourth-order valence-electron chi connectivity index (χ4n) is 5.72. The highest BCUT2D eigenvalue weighted by molar-refractivity contribution is 5.72. The zero-order valence-corrected chi connectivity index (χ0v) is 11.6. The van der Waals surface area contributed by atoms with Crippen LogP contribution in [-0.2, 0) is 9.59 Å². The van der Waals surface area contributed by atoms with Crippen LogP contribution < -0.4 is 21.7 Å². The Kier molecular flexibility index (Phi) is 2.89. The number of hydrogen-bond acceptors (Lipinski definition) is 4. The van der Waals surface area contributed by atoms with E-state index in [-0.39, 0.29) is 0 Å². The predicted octanol–water partition coefficient (Wildman–Crippen LogP) is -3.71. The van der Waals surface area contributed by atoms with Gasteiger partial charge in [0.2, 0.25) is 0 Å². The highest BCUT2D eigenvalue weighted by Crippen LogP contribution is 2.66. The number of rotatable bonds is 4. The van der Waals surface area contributed by atoms with Gasteiger partial charge in [-0.15, -0.1) is 0 Å². The summed E-state index contributed by atoms with van der Waals surface area (Å²) in [6.07, 6.45) is 5.04. The zero-order valence-electron chi connectivity index (χ0n) is 11.6. The lowest BCUT2D eigenvalue weighted by molar-refractivity contribution is -0.489. The Bertz CT molecular complexity index is 412. The minimum Gasteiger partial charge on any atom is -0.544 e. The maximum Gasteiger partial charge on any atom is 0.130 e. The summed E-state index contributed by atoms with van der Waals surface area (Å²) < 4.78 is 0. The van der Waals surface area contributed by atoms with Crippen molar-refractivity contribution in [2.75, 3.05) is 0 Å². The summed E-state index contributed by atoms with van der Waals surface area (Å²) in [7, 11) is 0. The monoisotopic (exact) mass is 282 g/mol. The number of quaternary nitrogens is 2. The minimum absolute atomic E-state index is 0.395. The van der Waals surface area contributed by atoms with Crippen molar-refractivity contribution in [3.63, 3.8) is 0 Å². The molecule has 0 heterocycles. The van der Waals surface area contributed by atoms with Crippen molar-refractivity contribution in [3.05, 3.63) is 0 Å². The molecule has 0 spiro atoms. The highest BCUT2D eigenvalue weighted by Gasteiger charge is 2.63. The molecule has 20 heavy (non-hydrogen) atoms. The van der Waals surface area contributed by atoms with Crippen LogP contribution >= 0.6 is 0 Å². The third kappa shape index (κ3) is 1.78. The molecule has 4 rings (SSSR count). The third-order valence-electron chi connectivity index (χ3n) is 6.20. The Balaban J connectivity index is 1.97. The van der Waals surface area contributed by atoms with Crippen LogP contribution in [0.4, 0.5) is 0 Å². The second kappa shape index (κ2) is 4.18. The number of carbonyl (C=O) groups excluding carboxylic acids is 2. The summed E-state index contributed by atoms with van der Waals surface area (Å²) in [6.45, 7) is 0. The first kappa shape index (κ1) is 13.8. The Morgan fingerprint density at radius 1 is 0.900 bits per heavy atom. The van der Waals surface area contributed by atoms with Crippen LogP contribution in [-0.4, -0.2) is 24.0 Å². The van der Waals surface area contributed by atoms with E-state index in [1.807, 2.05) is 0 Å². The standard InChI is InChI=1S/C14H22N2O4/c15-9(11(17)18)13-2-7-1-8(4-13)5-14(3-7,6-13)10(16)12(19)20/h7-10H,1-6,15-16H2,(H,17,18)(H,19,20)/t7?,8?,9-,10-,13?,14?/m1/s1. The third-order valence-corrected chi connectivity index (χ3v) is 6.20. The van der Waals surface area contributed by atoms with Gasteiger partial charge in [-0.2, -0.15) is 0 Å². The van der Waals surface area contributed by atoms with Crippen LogP contribution in [0, 0.1) is 22.7 Å². The maximum atomic E-state index is 11.3. The van der Waals surface area contributed by atoms with Gasteiger partial charge in [-0.1, -0.05) is 0 Å². The SMILES string of the molecule is [NH3+][C@H](C(=O)[O-])C12CC3CC(C1)CC([C@H]([NH3+])C(=O)[O-])(C3)C2. The molecule has 0 amide bonds. The molecule has 6 heteroatoms. The maximum absolute atomic E-state index is 11.3. The molecule has 4 saturated carbocycles. The van der Waals surface area contributed by atoms with E-state index in [2.05, 4.69) is 11.5 Å². The Morgan fingerprint density at radius 2 is 1.25 bits per heavy atom. The van der Waals surface area contributed by atoms with Crippen molar-refractivity contribution < 1.29 is 31.3 Å². The first-order valence-electron chi connectivity index (χ1n) is 7.36. The van der Waals surface area contributed by atoms with Crippen molar-refractivity contribution in [3.8, 4) is 0 Å². The van der Waals surface area contributed by atoms with E-state index in [1.54, 1.807) is 0 Å². The quantitative estimate of drug-likeness (QED) is 0.548. The molecule has 2 atom stereocenters. The van der Waals surface area contributed by atoms with E-state index < -0.39 is 34.9 Å². The van der Waals surface area contributed by atoms with Gasteiger partial charge in [0.15, 0.2) is 0 Å². The molecule has 0 unspecified atom stereocenters. The van der Waals surface area contributed by atoms with Gasteiger partial charge < -0.3 is 31.3 Å². The van der Waals surface area contributed by atoms with E-state index in [0.717, 1.165) is 32.1 Å². The van der Waals surface area contributed by atoms with Gasteiger partial charge in [-0.25, -0.2) is 0 Å². The van der Waals surface area contributed by atoms with Crippen LogP contribution in [0.25, 0.3) is 0 Å². The van der Waals surface area contributed by atoms with Crippen molar-refractivity contribution in [2.45, 2.75) is 50.6 Å². The molecule has 0 aromatic heterocycles. The van der Waals surface area contributed by atoms with E-state index in [1.165, 1.54) is 0 Å². The van der Waals surface area contributed by atoms with Crippen LogP contribution in [0.5, 0.6) is 0 Å². The number of carboxylic acids is 2. The van der Waals surface area contributed by atoms with E-state index in [9.17, 15) is 19.8 Å². The fraction of sp³-hybridized carbons (Fsp3) is 0.857. The second-order valence-electron chi connectivity index (χ2n) is 7.43. The molecule has 0 aromatic carbocycles. The van der Waals surface area contributed by atoms with E-state index in [0.29, 0.717) is 18.3 Å². The van der Waals surface area contributed by atoms with Crippen molar-refractivity contribution >= 4 is 11.9 Å². The molecule has 6 nitrogen and oxygen atoms in total. The molecule has 0 saturated heterocycles. The Morgan fingerprint density at radius 3 is 1.55 bits per heavy atom. The molecular formula is C14H22N2O4. The van der Waals surface area contributed by atoms with Crippen molar-refractivity contribution in [1.29, 1.82) is 0 Å². The van der Waals surface area contributed by atoms with Crippen LogP contribution in [0.1, 0.15) is 38.5 Å². The fourth-order valence-corrected chi connectivity index (χ4v) is 5.72. The summed E-state index contributed by atoms with van der Waals surface area (Å²) in [5.74, 6) is -1.42. The molecule has 6 N–H and O–H groups in total. The lowest BCUT2D eigenvalue weighted by Crippen LogP contribution is -2.82. The van der Waals surface area contributed by atoms with Gasteiger partial charge in [0.05, 0.1) is 11.9 Å². The highest BCUT2D eigenvalue weighted by atomic mass is 16.4. The van der Waals surface area contributed by atoms with Gasteiger partial charge in [-0.3, -0.25) is 0 Å². The lowest BCUT2D eigenvalue weighted by Gasteiger charge is -2.63. The first-order valence-corrected chi connectivity index (χ1v) is 7.36. The normalized spacial score (nSPS) is 45.1. The van der Waals surface area contributed by atoms with E-state index >= 15 is 0 Å². The number of aliphatic carboxylic acids is 2. The largest absolute Gasteiger partial charge is 0.544 e. The smallest absolute Gasteiger partial charge is 0.130 e. The van der Waals surface area contributed by atoms with Gasteiger partial charge in [-0.05, 0) is 50.4 Å². The summed E-state index contributed by atoms with van der Waals surface area (Å²) >= 11 is 0.